The first-order chi connectivity index (χ1) is 13.6. The van der Waals surface area contributed by atoms with Crippen molar-refractivity contribution < 1.29 is 14.3 Å². The lowest BCUT2D eigenvalue weighted by molar-refractivity contribution is 0.251. The molecule has 0 bridgehead atoms. The van der Waals surface area contributed by atoms with Crippen LogP contribution in [0, 0.1) is 6.92 Å². The molecule has 0 aliphatic carbocycles. The summed E-state index contributed by atoms with van der Waals surface area (Å²) in [5.74, 6) is 2.69. The molecule has 8 nitrogen and oxygen atoms in total. The van der Waals surface area contributed by atoms with Crippen LogP contribution >= 0.6 is 0 Å². The van der Waals surface area contributed by atoms with Crippen LogP contribution in [0.2, 0.25) is 0 Å². The zero-order chi connectivity index (χ0) is 19.9. The van der Waals surface area contributed by atoms with Gasteiger partial charge in [0, 0.05) is 36.6 Å². The fourth-order valence-electron chi connectivity index (χ4n) is 3.22. The Kier molecular flexibility index (Phi) is 6.52. The van der Waals surface area contributed by atoms with Crippen molar-refractivity contribution in [2.75, 3.05) is 37.5 Å². The third-order valence-corrected chi connectivity index (χ3v) is 4.62. The van der Waals surface area contributed by atoms with Crippen LogP contribution in [-0.4, -0.2) is 43.3 Å². The zero-order valence-electron chi connectivity index (χ0n) is 16.6. The smallest absolute Gasteiger partial charge is 0.319 e. The molecule has 1 saturated heterocycles. The average molecular weight is 385 g/mol. The van der Waals surface area contributed by atoms with E-state index in [1.165, 1.54) is 19.3 Å². The first-order valence-electron chi connectivity index (χ1n) is 9.45. The van der Waals surface area contributed by atoms with E-state index in [0.29, 0.717) is 23.0 Å². The lowest BCUT2D eigenvalue weighted by Crippen LogP contribution is -2.32. The average Bonchev–Trinajstić information content (AvgIpc) is 2.72. The number of carbonyl (C=O) groups is 1. The molecule has 0 unspecified atom stereocenters. The summed E-state index contributed by atoms with van der Waals surface area (Å²) >= 11 is 0. The molecule has 2 aromatic rings. The highest BCUT2D eigenvalue weighted by Crippen LogP contribution is 2.29. The van der Waals surface area contributed by atoms with Crippen LogP contribution in [0.5, 0.6) is 11.5 Å². The molecule has 1 fully saturated rings. The van der Waals surface area contributed by atoms with Gasteiger partial charge in [-0.05, 0) is 38.3 Å². The molecule has 28 heavy (non-hydrogen) atoms. The Bertz CT molecular complexity index is 821. The van der Waals surface area contributed by atoms with E-state index in [-0.39, 0.29) is 12.6 Å². The SMILES string of the molecule is COc1ccc(NC(=O)NCc2nc(C)cc(N3CCCCC3)n2)cc1OC. The van der Waals surface area contributed by atoms with Gasteiger partial charge in [-0.2, -0.15) is 0 Å². The molecule has 150 valence electrons. The predicted octanol–water partition coefficient (Wildman–Crippen LogP) is 3.11. The maximum atomic E-state index is 12.3. The highest BCUT2D eigenvalue weighted by atomic mass is 16.5. The largest absolute Gasteiger partial charge is 0.493 e. The van der Waals surface area contributed by atoms with E-state index < -0.39 is 0 Å². The molecule has 8 heteroatoms. The fraction of sp³-hybridized carbons (Fsp3) is 0.450. The van der Waals surface area contributed by atoms with E-state index >= 15 is 0 Å². The van der Waals surface area contributed by atoms with Crippen LogP contribution in [0.3, 0.4) is 0 Å². The number of aryl methyl sites for hydroxylation is 1. The molecule has 1 aromatic heterocycles. The van der Waals surface area contributed by atoms with Gasteiger partial charge < -0.3 is 25.0 Å². The van der Waals surface area contributed by atoms with Gasteiger partial charge in [0.15, 0.2) is 11.5 Å². The number of urea groups is 1. The molecular formula is C20H27N5O3. The minimum absolute atomic E-state index is 0.252. The van der Waals surface area contributed by atoms with Gasteiger partial charge >= 0.3 is 6.03 Å². The maximum absolute atomic E-state index is 12.3. The van der Waals surface area contributed by atoms with Crippen molar-refractivity contribution in [3.05, 3.63) is 35.8 Å². The molecule has 2 amide bonds. The lowest BCUT2D eigenvalue weighted by atomic mass is 10.1. The van der Waals surface area contributed by atoms with Crippen LogP contribution in [-0.2, 0) is 6.54 Å². The topological polar surface area (TPSA) is 88.6 Å². The molecule has 1 aromatic carbocycles. The monoisotopic (exact) mass is 385 g/mol. The number of benzene rings is 1. The van der Waals surface area contributed by atoms with Crippen LogP contribution in [0.4, 0.5) is 16.3 Å². The summed E-state index contributed by atoms with van der Waals surface area (Å²) in [7, 11) is 3.12. The molecule has 0 spiro atoms. The van der Waals surface area contributed by atoms with Crippen molar-refractivity contribution in [1.29, 1.82) is 0 Å². The standard InChI is InChI=1S/C20H27N5O3/c1-14-11-19(25-9-5-4-6-10-25)24-18(22-14)13-21-20(26)23-15-7-8-16(27-2)17(12-15)28-3/h7-8,11-12H,4-6,9-10,13H2,1-3H3,(H2,21,23,26). The van der Waals surface area contributed by atoms with Crippen molar-refractivity contribution in [3.63, 3.8) is 0 Å². The van der Waals surface area contributed by atoms with Gasteiger partial charge in [0.05, 0.1) is 20.8 Å². The summed E-state index contributed by atoms with van der Waals surface area (Å²) in [4.78, 5) is 23.6. The van der Waals surface area contributed by atoms with E-state index in [4.69, 9.17) is 9.47 Å². The van der Waals surface area contributed by atoms with Crippen LogP contribution in [0.1, 0.15) is 30.8 Å². The Morgan fingerprint density at radius 3 is 2.54 bits per heavy atom. The number of ether oxygens (including phenoxy) is 2. The summed E-state index contributed by atoms with van der Waals surface area (Å²) in [5, 5.41) is 5.58. The van der Waals surface area contributed by atoms with Gasteiger partial charge in [-0.3, -0.25) is 0 Å². The number of carbonyl (C=O) groups excluding carboxylic acids is 1. The Morgan fingerprint density at radius 1 is 1.07 bits per heavy atom. The fourth-order valence-corrected chi connectivity index (χ4v) is 3.22. The first kappa shape index (κ1) is 19.7. The number of hydrogen-bond donors (Lipinski definition) is 2. The van der Waals surface area contributed by atoms with Gasteiger partial charge in [0.1, 0.15) is 11.6 Å². The Labute approximate surface area is 165 Å². The summed E-state index contributed by atoms with van der Waals surface area (Å²) < 4.78 is 10.5. The molecule has 0 atom stereocenters. The minimum Gasteiger partial charge on any atom is -0.493 e. The third-order valence-electron chi connectivity index (χ3n) is 4.62. The summed E-state index contributed by atoms with van der Waals surface area (Å²) in [6, 6.07) is 6.85. The van der Waals surface area contributed by atoms with Gasteiger partial charge in [-0.15, -0.1) is 0 Å². The summed E-state index contributed by atoms with van der Waals surface area (Å²) in [6.45, 7) is 4.23. The number of amides is 2. The van der Waals surface area contributed by atoms with Crippen LogP contribution in [0.15, 0.2) is 24.3 Å². The number of nitrogens with one attached hydrogen (secondary N) is 2. The second-order valence-corrected chi connectivity index (χ2v) is 6.71. The molecule has 2 N–H and O–H groups in total. The second kappa shape index (κ2) is 9.25. The number of hydrogen-bond acceptors (Lipinski definition) is 6. The van der Waals surface area contributed by atoms with E-state index in [1.54, 1.807) is 32.4 Å². The number of rotatable bonds is 6. The quantitative estimate of drug-likeness (QED) is 0.794. The second-order valence-electron chi connectivity index (χ2n) is 6.71. The van der Waals surface area contributed by atoms with Gasteiger partial charge in [-0.25, -0.2) is 14.8 Å². The highest BCUT2D eigenvalue weighted by Gasteiger charge is 2.14. The molecule has 2 heterocycles. The Hall–Kier alpha value is -3.03. The number of nitrogens with zero attached hydrogens (tertiary/aromatic N) is 3. The van der Waals surface area contributed by atoms with Crippen molar-refractivity contribution in [2.45, 2.75) is 32.7 Å². The van der Waals surface area contributed by atoms with Gasteiger partial charge in [0.2, 0.25) is 0 Å². The van der Waals surface area contributed by atoms with Gasteiger partial charge in [0.25, 0.3) is 0 Å². The van der Waals surface area contributed by atoms with Gasteiger partial charge in [-0.1, -0.05) is 0 Å². The predicted molar refractivity (Wildman–Crippen MR) is 108 cm³/mol. The van der Waals surface area contributed by atoms with Crippen molar-refractivity contribution in [1.82, 2.24) is 15.3 Å². The number of piperidine rings is 1. The number of methoxy groups -OCH3 is 2. The summed E-state index contributed by atoms with van der Waals surface area (Å²) in [5.41, 5.74) is 1.50. The summed E-state index contributed by atoms with van der Waals surface area (Å²) in [6.07, 6.45) is 3.64. The van der Waals surface area contributed by atoms with Crippen LogP contribution in [0.25, 0.3) is 0 Å². The third kappa shape index (κ3) is 5.03. The van der Waals surface area contributed by atoms with E-state index in [2.05, 4.69) is 25.5 Å². The lowest BCUT2D eigenvalue weighted by Gasteiger charge is -2.28. The molecule has 1 aliphatic heterocycles. The number of anilines is 2. The molecule has 1 aliphatic rings. The number of aromatic nitrogens is 2. The highest BCUT2D eigenvalue weighted by molar-refractivity contribution is 5.89. The van der Waals surface area contributed by atoms with Crippen molar-refractivity contribution in [3.8, 4) is 11.5 Å². The normalized spacial score (nSPS) is 13.8. The van der Waals surface area contributed by atoms with Crippen molar-refractivity contribution >= 4 is 17.5 Å². The molecule has 0 radical (unpaired) electrons. The van der Waals surface area contributed by atoms with E-state index in [9.17, 15) is 4.79 Å². The van der Waals surface area contributed by atoms with Crippen LogP contribution < -0.4 is 25.0 Å². The van der Waals surface area contributed by atoms with E-state index in [1.807, 2.05) is 13.0 Å². The Balaban J connectivity index is 1.60. The molecule has 3 rings (SSSR count). The molecule has 0 saturated carbocycles. The first-order valence-corrected chi connectivity index (χ1v) is 9.45. The maximum Gasteiger partial charge on any atom is 0.319 e. The Morgan fingerprint density at radius 2 is 1.82 bits per heavy atom. The molecular weight excluding hydrogens is 358 g/mol. The van der Waals surface area contributed by atoms with Crippen molar-refractivity contribution in [2.24, 2.45) is 0 Å². The minimum atomic E-state index is -0.336. The zero-order valence-corrected chi connectivity index (χ0v) is 16.6. The van der Waals surface area contributed by atoms with E-state index in [0.717, 1.165) is 24.6 Å².